The van der Waals surface area contributed by atoms with E-state index in [-0.39, 0.29) is 11.6 Å². The van der Waals surface area contributed by atoms with Crippen LogP contribution in [0.1, 0.15) is 32.0 Å². The van der Waals surface area contributed by atoms with Crippen LogP contribution in [0.3, 0.4) is 0 Å². The Morgan fingerprint density at radius 2 is 1.64 bits per heavy atom. The molecule has 0 saturated heterocycles. The number of anilines is 2. The Bertz CT molecular complexity index is 902. The highest BCUT2D eigenvalue weighted by Gasteiger charge is 2.16. The first-order valence-corrected chi connectivity index (χ1v) is 8.45. The van der Waals surface area contributed by atoms with Gasteiger partial charge >= 0.3 is 0 Å². The van der Waals surface area contributed by atoms with Crippen molar-refractivity contribution in [2.24, 2.45) is 0 Å². The molecule has 3 aromatic rings. The van der Waals surface area contributed by atoms with E-state index in [0.717, 1.165) is 28.3 Å². The van der Waals surface area contributed by atoms with Gasteiger partial charge in [0.05, 0.1) is 11.3 Å². The van der Waals surface area contributed by atoms with Gasteiger partial charge < -0.3 is 10.6 Å². The van der Waals surface area contributed by atoms with E-state index in [1.807, 2.05) is 32.0 Å². The van der Waals surface area contributed by atoms with Gasteiger partial charge in [-0.3, -0.25) is 9.59 Å². The first kappa shape index (κ1) is 16.8. The number of aryl methyl sites for hydroxylation is 2. The Hall–Kier alpha value is -3.06. The second-order valence-corrected chi connectivity index (χ2v) is 6.12. The molecule has 0 bridgehead atoms. The van der Waals surface area contributed by atoms with Crippen molar-refractivity contribution in [1.82, 2.24) is 9.59 Å². The van der Waals surface area contributed by atoms with Gasteiger partial charge in [0.25, 0.3) is 11.8 Å². The van der Waals surface area contributed by atoms with Crippen molar-refractivity contribution >= 4 is 34.7 Å². The van der Waals surface area contributed by atoms with Crippen LogP contribution in [-0.4, -0.2) is 21.4 Å². The van der Waals surface area contributed by atoms with Crippen LogP contribution in [0.5, 0.6) is 0 Å². The Morgan fingerprint density at radius 1 is 0.920 bits per heavy atom. The fourth-order valence-corrected chi connectivity index (χ4v) is 2.87. The van der Waals surface area contributed by atoms with E-state index in [0.29, 0.717) is 11.3 Å². The normalized spacial score (nSPS) is 10.3. The molecule has 25 heavy (non-hydrogen) atoms. The molecule has 6 nitrogen and oxygen atoms in total. The minimum absolute atomic E-state index is 0.218. The zero-order chi connectivity index (χ0) is 17.8. The first-order valence-electron chi connectivity index (χ1n) is 7.61. The molecule has 0 spiro atoms. The summed E-state index contributed by atoms with van der Waals surface area (Å²) in [6.45, 7) is 3.87. The van der Waals surface area contributed by atoms with Crippen LogP contribution in [0.15, 0.2) is 47.8 Å². The van der Waals surface area contributed by atoms with Gasteiger partial charge in [-0.1, -0.05) is 34.8 Å². The summed E-state index contributed by atoms with van der Waals surface area (Å²) in [7, 11) is 0. The van der Waals surface area contributed by atoms with Crippen LogP contribution < -0.4 is 10.6 Å². The highest BCUT2D eigenvalue weighted by atomic mass is 32.1. The second kappa shape index (κ2) is 7.23. The van der Waals surface area contributed by atoms with Gasteiger partial charge in [0.15, 0.2) is 5.69 Å². The van der Waals surface area contributed by atoms with Crippen molar-refractivity contribution in [3.63, 3.8) is 0 Å². The minimum Gasteiger partial charge on any atom is -0.321 e. The number of carbonyl (C=O) groups excluding carboxylic acids is 2. The fraction of sp³-hybridized carbons (Fsp3) is 0.111. The van der Waals surface area contributed by atoms with Crippen LogP contribution in [0, 0.1) is 13.8 Å². The molecule has 0 saturated carbocycles. The maximum absolute atomic E-state index is 12.7. The lowest BCUT2D eigenvalue weighted by Crippen LogP contribution is -2.19. The van der Waals surface area contributed by atoms with Crippen LogP contribution in [0.4, 0.5) is 11.4 Å². The molecule has 0 aliphatic carbocycles. The van der Waals surface area contributed by atoms with Crippen molar-refractivity contribution in [3.05, 3.63) is 70.2 Å². The average molecular weight is 352 g/mol. The van der Waals surface area contributed by atoms with Crippen LogP contribution >= 0.6 is 11.5 Å². The van der Waals surface area contributed by atoms with Crippen molar-refractivity contribution in [2.75, 3.05) is 10.6 Å². The molecule has 3 rings (SSSR count). The summed E-state index contributed by atoms with van der Waals surface area (Å²) < 4.78 is 3.67. The summed E-state index contributed by atoms with van der Waals surface area (Å²) in [5.41, 5.74) is 3.74. The van der Waals surface area contributed by atoms with Crippen LogP contribution in [0.25, 0.3) is 0 Å². The second-order valence-electron chi connectivity index (χ2n) is 5.51. The minimum atomic E-state index is -0.402. The standard InChI is InChI=1S/C18H16N4O2S/c1-11-6-5-7-12(2)16(11)20-17(23)13-8-3-4-9-14(13)19-18(24)15-10-25-22-21-15/h3-10H,1-2H3,(H,19,24)(H,20,23). The molecular formula is C18H16N4O2S. The van der Waals surface area contributed by atoms with Gasteiger partial charge in [0.2, 0.25) is 0 Å². The number of nitrogens with zero attached hydrogens (tertiary/aromatic N) is 2. The number of para-hydroxylation sites is 2. The van der Waals surface area contributed by atoms with E-state index in [9.17, 15) is 9.59 Å². The molecule has 0 unspecified atom stereocenters. The maximum atomic E-state index is 12.7. The number of hydrogen-bond acceptors (Lipinski definition) is 5. The molecule has 0 atom stereocenters. The summed E-state index contributed by atoms with van der Waals surface area (Å²) in [4.78, 5) is 24.9. The topological polar surface area (TPSA) is 84.0 Å². The molecule has 0 aliphatic heterocycles. The number of aromatic nitrogens is 2. The van der Waals surface area contributed by atoms with Gasteiger partial charge in [-0.25, -0.2) is 0 Å². The zero-order valence-corrected chi connectivity index (χ0v) is 14.6. The number of hydrogen-bond donors (Lipinski definition) is 2. The predicted octanol–water partition coefficient (Wildman–Crippen LogP) is 3.66. The molecule has 0 radical (unpaired) electrons. The van der Waals surface area contributed by atoms with E-state index in [1.165, 1.54) is 0 Å². The number of amides is 2. The van der Waals surface area contributed by atoms with Crippen molar-refractivity contribution in [1.29, 1.82) is 0 Å². The Morgan fingerprint density at radius 3 is 2.32 bits per heavy atom. The summed E-state index contributed by atoms with van der Waals surface area (Å²) in [6.07, 6.45) is 0. The largest absolute Gasteiger partial charge is 0.321 e. The molecule has 0 aliphatic rings. The van der Waals surface area contributed by atoms with Gasteiger partial charge in [-0.05, 0) is 48.6 Å². The van der Waals surface area contributed by atoms with E-state index in [4.69, 9.17) is 0 Å². The molecule has 2 N–H and O–H groups in total. The van der Waals surface area contributed by atoms with Gasteiger partial charge in [-0.15, -0.1) is 5.10 Å². The monoisotopic (exact) mass is 352 g/mol. The third-order valence-corrected chi connectivity index (χ3v) is 4.24. The van der Waals surface area contributed by atoms with Crippen molar-refractivity contribution in [2.45, 2.75) is 13.8 Å². The SMILES string of the molecule is Cc1cccc(C)c1NC(=O)c1ccccc1NC(=O)c1csnn1. The molecule has 2 aromatic carbocycles. The highest BCUT2D eigenvalue weighted by Crippen LogP contribution is 2.23. The quantitative estimate of drug-likeness (QED) is 0.750. The summed E-state index contributed by atoms with van der Waals surface area (Å²) >= 11 is 1.09. The molecule has 1 heterocycles. The highest BCUT2D eigenvalue weighted by molar-refractivity contribution is 7.03. The third-order valence-electron chi connectivity index (χ3n) is 3.73. The lowest BCUT2D eigenvalue weighted by molar-refractivity contribution is 0.102. The predicted molar refractivity (Wildman–Crippen MR) is 98.2 cm³/mol. The lowest BCUT2D eigenvalue weighted by atomic mass is 10.1. The molecule has 7 heteroatoms. The Balaban J connectivity index is 1.85. The Labute approximate surface area is 149 Å². The summed E-state index contributed by atoms with van der Waals surface area (Å²) in [6, 6.07) is 12.7. The van der Waals surface area contributed by atoms with E-state index >= 15 is 0 Å². The number of nitrogens with one attached hydrogen (secondary N) is 2. The molecular weight excluding hydrogens is 336 g/mol. The van der Waals surface area contributed by atoms with Crippen LogP contribution in [0.2, 0.25) is 0 Å². The van der Waals surface area contributed by atoms with E-state index in [1.54, 1.807) is 29.6 Å². The first-order chi connectivity index (χ1) is 12.1. The van der Waals surface area contributed by atoms with E-state index in [2.05, 4.69) is 20.2 Å². The van der Waals surface area contributed by atoms with E-state index < -0.39 is 5.91 Å². The van der Waals surface area contributed by atoms with Gasteiger partial charge in [0.1, 0.15) is 0 Å². The van der Waals surface area contributed by atoms with Gasteiger partial charge in [0, 0.05) is 11.1 Å². The summed E-state index contributed by atoms with van der Waals surface area (Å²) in [5.74, 6) is -0.689. The number of carbonyl (C=O) groups is 2. The third kappa shape index (κ3) is 3.72. The van der Waals surface area contributed by atoms with Crippen molar-refractivity contribution < 1.29 is 9.59 Å². The molecule has 126 valence electrons. The smallest absolute Gasteiger partial charge is 0.277 e. The molecule has 0 fully saturated rings. The number of rotatable bonds is 4. The fourth-order valence-electron chi connectivity index (χ4n) is 2.43. The maximum Gasteiger partial charge on any atom is 0.277 e. The van der Waals surface area contributed by atoms with Gasteiger partial charge in [-0.2, -0.15) is 0 Å². The van der Waals surface area contributed by atoms with Crippen molar-refractivity contribution in [3.8, 4) is 0 Å². The molecule has 1 aromatic heterocycles. The van der Waals surface area contributed by atoms with Crippen LogP contribution in [-0.2, 0) is 0 Å². The number of benzene rings is 2. The average Bonchev–Trinajstić information content (AvgIpc) is 3.13. The zero-order valence-electron chi connectivity index (χ0n) is 13.7. The molecule has 2 amide bonds. The lowest BCUT2D eigenvalue weighted by Gasteiger charge is -2.14. The summed E-state index contributed by atoms with van der Waals surface area (Å²) in [5, 5.41) is 10.9. The Kier molecular flexibility index (Phi) is 4.85.